The average Bonchev–Trinajstić information content (AvgIpc) is 3.31. The van der Waals surface area contributed by atoms with Crippen molar-refractivity contribution in [2.75, 3.05) is 6.61 Å². The molecule has 34 heavy (non-hydrogen) atoms. The monoisotopic (exact) mass is 475 g/mol. The Balaban J connectivity index is 1.42. The number of carbonyl (C=O) groups excluding carboxylic acids is 2. The molecule has 1 aromatic heterocycles. The van der Waals surface area contributed by atoms with Crippen molar-refractivity contribution in [3.8, 4) is 5.75 Å². The Labute approximate surface area is 191 Å². The number of halogens is 3. The SMILES string of the molecule is CCC1(CC(=O)OC2OC(=O)c3ccccc32)OCCc2c1[nH]c1cc(OC(F)(F)F)ccc21. The standard InChI is InChI=1S/C24H20F3NO6/c1-2-23(12-19(29)32-22-17-6-4-3-5-16(17)21(30)33-22)20-15(9-10-31-23)14-8-7-13(11-18(14)28-20)34-24(25,26)27/h3-8,11,22,28H,2,9-10,12H2,1H3. The van der Waals surface area contributed by atoms with Crippen LogP contribution in [0.25, 0.3) is 10.9 Å². The molecular weight excluding hydrogens is 455 g/mol. The first kappa shape index (κ1) is 22.3. The van der Waals surface area contributed by atoms with E-state index in [0.717, 1.165) is 10.9 Å². The molecule has 2 aliphatic rings. The summed E-state index contributed by atoms with van der Waals surface area (Å²) in [7, 11) is 0. The van der Waals surface area contributed by atoms with E-state index in [2.05, 4.69) is 9.72 Å². The maximum absolute atomic E-state index is 12.9. The van der Waals surface area contributed by atoms with E-state index in [1.54, 1.807) is 30.3 Å². The number of aromatic amines is 1. The second-order valence-corrected chi connectivity index (χ2v) is 8.17. The van der Waals surface area contributed by atoms with Crippen LogP contribution in [0.3, 0.4) is 0 Å². The van der Waals surface area contributed by atoms with Crippen molar-refractivity contribution in [1.82, 2.24) is 4.98 Å². The fourth-order valence-corrected chi connectivity index (χ4v) is 4.64. The first-order chi connectivity index (χ1) is 16.2. The number of alkyl halides is 3. The van der Waals surface area contributed by atoms with Gasteiger partial charge in [-0.1, -0.05) is 25.1 Å². The summed E-state index contributed by atoms with van der Waals surface area (Å²) in [5.74, 6) is -1.55. The van der Waals surface area contributed by atoms with Gasteiger partial charge in [-0.25, -0.2) is 4.79 Å². The van der Waals surface area contributed by atoms with E-state index < -0.39 is 30.2 Å². The molecule has 2 atom stereocenters. The molecule has 0 radical (unpaired) electrons. The number of cyclic esters (lactones) is 1. The van der Waals surface area contributed by atoms with Crippen LogP contribution in [0.15, 0.2) is 42.5 Å². The summed E-state index contributed by atoms with van der Waals surface area (Å²) in [5.41, 5.74) is 1.67. The van der Waals surface area contributed by atoms with E-state index >= 15 is 0 Å². The van der Waals surface area contributed by atoms with Gasteiger partial charge in [0.25, 0.3) is 6.29 Å². The summed E-state index contributed by atoms with van der Waals surface area (Å²) in [6.07, 6.45) is -5.19. The van der Waals surface area contributed by atoms with E-state index in [4.69, 9.17) is 14.2 Å². The molecule has 0 fully saturated rings. The third-order valence-electron chi connectivity index (χ3n) is 6.19. The lowest BCUT2D eigenvalue weighted by Crippen LogP contribution is -2.38. The largest absolute Gasteiger partial charge is 0.573 e. The topological polar surface area (TPSA) is 86.9 Å². The van der Waals surface area contributed by atoms with E-state index in [-0.39, 0.29) is 12.2 Å². The smallest absolute Gasteiger partial charge is 0.420 e. The summed E-state index contributed by atoms with van der Waals surface area (Å²) in [4.78, 5) is 28.1. The van der Waals surface area contributed by atoms with Gasteiger partial charge in [0.15, 0.2) is 0 Å². The molecule has 3 aromatic rings. The Hall–Kier alpha value is -3.53. The van der Waals surface area contributed by atoms with E-state index in [9.17, 15) is 22.8 Å². The number of benzene rings is 2. The van der Waals surface area contributed by atoms with Gasteiger partial charge in [-0.3, -0.25) is 4.79 Å². The predicted octanol–water partition coefficient (Wildman–Crippen LogP) is 5.05. The van der Waals surface area contributed by atoms with Crippen molar-refractivity contribution in [3.05, 3.63) is 64.8 Å². The quantitative estimate of drug-likeness (QED) is 0.520. The van der Waals surface area contributed by atoms with Gasteiger partial charge in [-0.05, 0) is 36.6 Å². The number of nitrogens with one attached hydrogen (secondary N) is 1. The van der Waals surface area contributed by atoms with E-state index in [1.807, 2.05) is 6.92 Å². The molecule has 3 heterocycles. The zero-order valence-electron chi connectivity index (χ0n) is 18.0. The van der Waals surface area contributed by atoms with Gasteiger partial charge >= 0.3 is 18.3 Å². The van der Waals surface area contributed by atoms with Gasteiger partial charge in [0, 0.05) is 22.5 Å². The van der Waals surface area contributed by atoms with Crippen LogP contribution >= 0.6 is 0 Å². The Morgan fingerprint density at radius 1 is 1.24 bits per heavy atom. The predicted molar refractivity (Wildman–Crippen MR) is 112 cm³/mol. The van der Waals surface area contributed by atoms with Crippen molar-refractivity contribution in [2.24, 2.45) is 0 Å². The van der Waals surface area contributed by atoms with Crippen LogP contribution < -0.4 is 4.74 Å². The molecule has 2 aliphatic heterocycles. The van der Waals surface area contributed by atoms with Crippen LogP contribution in [0.4, 0.5) is 13.2 Å². The number of hydrogen-bond acceptors (Lipinski definition) is 6. The maximum atomic E-state index is 12.9. The number of esters is 2. The normalized spacial score (nSPS) is 21.6. The number of carbonyl (C=O) groups is 2. The zero-order chi connectivity index (χ0) is 24.1. The zero-order valence-corrected chi connectivity index (χ0v) is 18.0. The summed E-state index contributed by atoms with van der Waals surface area (Å²) in [6, 6.07) is 10.7. The maximum Gasteiger partial charge on any atom is 0.573 e. The molecule has 0 amide bonds. The lowest BCUT2D eigenvalue weighted by atomic mass is 9.86. The minimum Gasteiger partial charge on any atom is -0.420 e. The number of rotatable bonds is 5. The van der Waals surface area contributed by atoms with Crippen molar-refractivity contribution in [2.45, 2.75) is 44.4 Å². The number of hydrogen-bond donors (Lipinski definition) is 1. The summed E-state index contributed by atoms with van der Waals surface area (Å²) in [6.45, 7) is 2.17. The number of aromatic nitrogens is 1. The first-order valence-corrected chi connectivity index (χ1v) is 10.7. The van der Waals surface area contributed by atoms with Crippen LogP contribution in [-0.2, 0) is 31.0 Å². The van der Waals surface area contributed by atoms with Gasteiger partial charge in [0.2, 0.25) is 0 Å². The lowest BCUT2D eigenvalue weighted by molar-refractivity contribution is -0.274. The van der Waals surface area contributed by atoms with Gasteiger partial charge in [-0.2, -0.15) is 0 Å². The molecule has 0 bridgehead atoms. The highest BCUT2D eigenvalue weighted by molar-refractivity contribution is 5.94. The highest BCUT2D eigenvalue weighted by Gasteiger charge is 2.43. The molecule has 1 N–H and O–H groups in total. The summed E-state index contributed by atoms with van der Waals surface area (Å²) in [5, 5.41) is 0.734. The fourth-order valence-electron chi connectivity index (χ4n) is 4.64. The van der Waals surface area contributed by atoms with Crippen molar-refractivity contribution in [1.29, 1.82) is 0 Å². The first-order valence-electron chi connectivity index (χ1n) is 10.7. The van der Waals surface area contributed by atoms with Gasteiger partial charge < -0.3 is 23.9 Å². The van der Waals surface area contributed by atoms with Crippen molar-refractivity contribution < 1.29 is 41.7 Å². The second-order valence-electron chi connectivity index (χ2n) is 8.17. The van der Waals surface area contributed by atoms with Gasteiger partial charge in [0.05, 0.1) is 24.3 Å². The van der Waals surface area contributed by atoms with Crippen LogP contribution in [0.5, 0.6) is 5.75 Å². The number of fused-ring (bicyclic) bond motifs is 4. The highest BCUT2D eigenvalue weighted by atomic mass is 19.4. The minimum absolute atomic E-state index is 0.175. The molecule has 0 saturated heterocycles. The van der Waals surface area contributed by atoms with Crippen molar-refractivity contribution in [3.63, 3.8) is 0 Å². The third kappa shape index (κ3) is 3.87. The molecule has 2 unspecified atom stereocenters. The van der Waals surface area contributed by atoms with E-state index in [0.29, 0.717) is 41.8 Å². The van der Waals surface area contributed by atoms with Crippen LogP contribution in [0.2, 0.25) is 0 Å². The Morgan fingerprint density at radius 2 is 2.03 bits per heavy atom. The number of ether oxygens (including phenoxy) is 4. The molecule has 7 nitrogen and oxygen atoms in total. The van der Waals surface area contributed by atoms with Gasteiger partial charge in [-0.15, -0.1) is 13.2 Å². The Bertz CT molecular complexity index is 1280. The third-order valence-corrected chi connectivity index (χ3v) is 6.19. The van der Waals surface area contributed by atoms with E-state index in [1.165, 1.54) is 12.1 Å². The minimum atomic E-state index is -4.80. The number of H-pyrrole nitrogens is 1. The Kier molecular flexibility index (Phi) is 5.27. The molecule has 178 valence electrons. The average molecular weight is 475 g/mol. The summed E-state index contributed by atoms with van der Waals surface area (Å²) >= 11 is 0. The molecule has 10 heteroatoms. The Morgan fingerprint density at radius 3 is 2.79 bits per heavy atom. The molecule has 0 spiro atoms. The van der Waals surface area contributed by atoms with Crippen LogP contribution in [0.1, 0.15) is 53.2 Å². The molecule has 2 aromatic carbocycles. The lowest BCUT2D eigenvalue weighted by Gasteiger charge is -2.36. The molecule has 5 rings (SSSR count). The van der Waals surface area contributed by atoms with Crippen LogP contribution in [-0.4, -0.2) is 29.9 Å². The fraction of sp³-hybridized carbons (Fsp3) is 0.333. The summed E-state index contributed by atoms with van der Waals surface area (Å²) < 4.78 is 58.7. The second kappa shape index (κ2) is 8.05. The molecular formula is C24H20F3NO6. The van der Waals surface area contributed by atoms with Crippen LogP contribution in [0, 0.1) is 0 Å². The highest BCUT2D eigenvalue weighted by Crippen LogP contribution is 2.43. The molecule has 0 aliphatic carbocycles. The van der Waals surface area contributed by atoms with Gasteiger partial charge in [0.1, 0.15) is 11.4 Å². The van der Waals surface area contributed by atoms with Crippen molar-refractivity contribution >= 4 is 22.8 Å². The molecule has 0 saturated carbocycles.